The third kappa shape index (κ3) is 6.20. The molecule has 0 amide bonds. The molecule has 0 saturated heterocycles. The lowest BCUT2D eigenvalue weighted by molar-refractivity contribution is -0.157. The Labute approximate surface area is 179 Å². The molecule has 0 aliphatic carbocycles. The van der Waals surface area contributed by atoms with E-state index >= 15 is 0 Å². The third-order valence-electron chi connectivity index (χ3n) is 5.25. The summed E-state index contributed by atoms with van der Waals surface area (Å²) >= 11 is 0. The highest BCUT2D eigenvalue weighted by Gasteiger charge is 2.48. The van der Waals surface area contributed by atoms with Gasteiger partial charge in [0.05, 0.1) is 13.4 Å². The van der Waals surface area contributed by atoms with Gasteiger partial charge in [-0.25, -0.2) is 9.59 Å². The second-order valence-electron chi connectivity index (χ2n) is 7.87. The highest BCUT2D eigenvalue weighted by atomic mass is 16.6. The van der Waals surface area contributed by atoms with E-state index in [-0.39, 0.29) is 6.61 Å². The van der Waals surface area contributed by atoms with E-state index in [0.717, 1.165) is 6.42 Å². The topological polar surface area (TPSA) is 82.1 Å². The zero-order valence-electron chi connectivity index (χ0n) is 18.9. The molecule has 0 saturated carbocycles. The molecule has 1 heterocycles. The molecule has 0 radical (unpaired) electrons. The van der Waals surface area contributed by atoms with Crippen LogP contribution in [0.3, 0.4) is 0 Å². The molecule has 0 fully saturated rings. The van der Waals surface area contributed by atoms with E-state index in [4.69, 9.17) is 14.2 Å². The second-order valence-corrected chi connectivity index (χ2v) is 7.87. The Morgan fingerprint density at radius 2 is 2.07 bits per heavy atom. The number of rotatable bonds is 11. The number of aliphatic hydroxyl groups excluding tert-OH is 1. The predicted molar refractivity (Wildman–Crippen MR) is 116 cm³/mol. The first-order chi connectivity index (χ1) is 14.0. The van der Waals surface area contributed by atoms with Crippen LogP contribution in [0.25, 0.3) is 0 Å². The lowest BCUT2D eigenvalue weighted by Crippen LogP contribution is -2.43. The maximum Gasteiger partial charge on any atom is 0.336 e. The zero-order valence-corrected chi connectivity index (χ0v) is 18.9. The van der Waals surface area contributed by atoms with Crippen LogP contribution in [0.4, 0.5) is 0 Å². The summed E-state index contributed by atoms with van der Waals surface area (Å²) < 4.78 is 15.7. The molecule has 0 bridgehead atoms. The SMILES string of the molecule is C=CC(C)(CCC=C(C)C)C1=CC(/C=C/OC)(C(O)COC(=O)/C(C)=C\C)OC1=O. The summed E-state index contributed by atoms with van der Waals surface area (Å²) in [6, 6.07) is 0. The van der Waals surface area contributed by atoms with Crippen LogP contribution in [0.1, 0.15) is 47.5 Å². The average Bonchev–Trinajstić information content (AvgIpc) is 3.07. The van der Waals surface area contributed by atoms with Crippen molar-refractivity contribution in [2.24, 2.45) is 5.41 Å². The van der Waals surface area contributed by atoms with Gasteiger partial charge in [0.15, 0.2) is 5.60 Å². The van der Waals surface area contributed by atoms with Gasteiger partial charge in [0, 0.05) is 22.6 Å². The molecular weight excluding hydrogens is 384 g/mol. The summed E-state index contributed by atoms with van der Waals surface area (Å²) in [7, 11) is 1.45. The van der Waals surface area contributed by atoms with Crippen molar-refractivity contribution in [3.05, 3.63) is 59.9 Å². The summed E-state index contributed by atoms with van der Waals surface area (Å²) in [5.74, 6) is -1.10. The fourth-order valence-corrected chi connectivity index (χ4v) is 2.98. The molecule has 30 heavy (non-hydrogen) atoms. The van der Waals surface area contributed by atoms with Crippen molar-refractivity contribution in [3.63, 3.8) is 0 Å². The Balaban J connectivity index is 3.22. The highest BCUT2D eigenvalue weighted by molar-refractivity contribution is 5.94. The van der Waals surface area contributed by atoms with Gasteiger partial charge in [-0.1, -0.05) is 30.7 Å². The van der Waals surface area contributed by atoms with Gasteiger partial charge in [0.1, 0.15) is 12.7 Å². The highest BCUT2D eigenvalue weighted by Crippen LogP contribution is 2.42. The summed E-state index contributed by atoms with van der Waals surface area (Å²) in [4.78, 5) is 24.7. The van der Waals surface area contributed by atoms with Crippen LogP contribution in [0.5, 0.6) is 0 Å². The van der Waals surface area contributed by atoms with Crippen molar-refractivity contribution in [1.82, 2.24) is 0 Å². The Bertz CT molecular complexity index is 769. The molecule has 0 spiro atoms. The number of allylic oxidation sites excluding steroid dienone is 4. The van der Waals surface area contributed by atoms with E-state index in [1.54, 1.807) is 32.1 Å². The number of carbonyl (C=O) groups is 2. The molecule has 0 aromatic carbocycles. The summed E-state index contributed by atoms with van der Waals surface area (Å²) in [6.45, 7) is 12.8. The number of esters is 2. The van der Waals surface area contributed by atoms with Gasteiger partial charge in [-0.2, -0.15) is 0 Å². The van der Waals surface area contributed by atoms with Crippen molar-refractivity contribution in [1.29, 1.82) is 0 Å². The van der Waals surface area contributed by atoms with Crippen LogP contribution in [0.2, 0.25) is 0 Å². The molecule has 3 unspecified atom stereocenters. The molecule has 1 aliphatic rings. The van der Waals surface area contributed by atoms with E-state index in [0.29, 0.717) is 17.6 Å². The van der Waals surface area contributed by atoms with Crippen LogP contribution >= 0.6 is 0 Å². The van der Waals surface area contributed by atoms with E-state index in [9.17, 15) is 14.7 Å². The van der Waals surface area contributed by atoms with E-state index in [1.807, 2.05) is 20.8 Å². The molecule has 1 aliphatic heterocycles. The standard InChI is InChI=1S/C24H34O6/c1-8-18(5)21(26)29-16-20(25)24(13-14-28-7)15-19(22(27)30-24)23(6,9-2)12-10-11-17(3)4/h8-9,11,13-15,20,25H,2,10,12,16H2,1,3-7H3/b14-13+,18-8-. The molecular formula is C24H34O6. The number of hydrogen-bond acceptors (Lipinski definition) is 6. The minimum absolute atomic E-state index is 0.350. The number of hydrogen-bond donors (Lipinski definition) is 1. The van der Waals surface area contributed by atoms with Crippen molar-refractivity contribution in [3.8, 4) is 0 Å². The van der Waals surface area contributed by atoms with Crippen molar-refractivity contribution in [2.45, 2.75) is 59.2 Å². The number of ether oxygens (including phenoxy) is 3. The average molecular weight is 419 g/mol. The molecule has 1 rings (SSSR count). The maximum atomic E-state index is 12.8. The van der Waals surface area contributed by atoms with Crippen LogP contribution in [-0.2, 0) is 23.8 Å². The van der Waals surface area contributed by atoms with Crippen molar-refractivity contribution in [2.75, 3.05) is 13.7 Å². The Morgan fingerprint density at radius 3 is 2.60 bits per heavy atom. The quantitative estimate of drug-likeness (QED) is 0.235. The fourth-order valence-electron chi connectivity index (χ4n) is 2.98. The van der Waals surface area contributed by atoms with Crippen molar-refractivity contribution >= 4 is 11.9 Å². The number of methoxy groups -OCH3 is 1. The molecule has 0 aromatic heterocycles. The van der Waals surface area contributed by atoms with Gasteiger partial charge in [0.25, 0.3) is 0 Å². The maximum absolute atomic E-state index is 12.8. The molecule has 0 aromatic rings. The Morgan fingerprint density at radius 1 is 1.40 bits per heavy atom. The second kappa shape index (κ2) is 11.0. The first-order valence-corrected chi connectivity index (χ1v) is 9.97. The summed E-state index contributed by atoms with van der Waals surface area (Å²) in [5.41, 5.74) is -0.149. The molecule has 1 N–H and O–H groups in total. The minimum atomic E-state index is -1.51. The van der Waals surface area contributed by atoms with Gasteiger partial charge < -0.3 is 19.3 Å². The smallest absolute Gasteiger partial charge is 0.336 e. The first-order valence-electron chi connectivity index (χ1n) is 9.97. The van der Waals surface area contributed by atoms with Gasteiger partial charge in [0.2, 0.25) is 0 Å². The minimum Gasteiger partial charge on any atom is -0.505 e. The monoisotopic (exact) mass is 418 g/mol. The summed E-state index contributed by atoms with van der Waals surface area (Å²) in [6.07, 6.45) is 9.88. The molecule has 6 nitrogen and oxygen atoms in total. The molecule has 3 atom stereocenters. The van der Waals surface area contributed by atoms with Crippen LogP contribution in [0.15, 0.2) is 59.9 Å². The lowest BCUT2D eigenvalue weighted by atomic mass is 9.77. The number of cyclic esters (lactones) is 1. The Kier molecular flexibility index (Phi) is 9.30. The number of aliphatic hydroxyl groups is 1. The predicted octanol–water partition coefficient (Wildman–Crippen LogP) is 4.18. The van der Waals surface area contributed by atoms with E-state index in [1.165, 1.54) is 25.0 Å². The largest absolute Gasteiger partial charge is 0.505 e. The molecule has 166 valence electrons. The van der Waals surface area contributed by atoms with Gasteiger partial charge in [-0.05, 0) is 46.6 Å². The van der Waals surface area contributed by atoms with Crippen LogP contribution in [-0.4, -0.2) is 42.5 Å². The van der Waals surface area contributed by atoms with Gasteiger partial charge in [-0.15, -0.1) is 6.58 Å². The normalized spacial score (nSPS) is 22.0. The number of carbonyl (C=O) groups excluding carboxylic acids is 2. The zero-order chi connectivity index (χ0) is 22.9. The third-order valence-corrected chi connectivity index (χ3v) is 5.25. The molecule has 6 heteroatoms. The van der Waals surface area contributed by atoms with E-state index < -0.39 is 29.1 Å². The fraction of sp³-hybridized carbons (Fsp3) is 0.500. The summed E-state index contributed by atoms with van der Waals surface area (Å²) in [5, 5.41) is 10.8. The van der Waals surface area contributed by atoms with Crippen molar-refractivity contribution < 1.29 is 28.9 Å². The van der Waals surface area contributed by atoms with Crippen LogP contribution < -0.4 is 0 Å². The van der Waals surface area contributed by atoms with Gasteiger partial charge in [-0.3, -0.25) is 0 Å². The van der Waals surface area contributed by atoms with Crippen LogP contribution in [0, 0.1) is 5.41 Å². The van der Waals surface area contributed by atoms with Gasteiger partial charge >= 0.3 is 11.9 Å². The Hall–Kier alpha value is -2.60. The lowest BCUT2D eigenvalue weighted by Gasteiger charge is -2.28. The first kappa shape index (κ1) is 25.4. The van der Waals surface area contributed by atoms with E-state index in [2.05, 4.69) is 12.7 Å².